The van der Waals surface area contributed by atoms with Gasteiger partial charge in [-0.3, -0.25) is 19.4 Å². The lowest BCUT2D eigenvalue weighted by molar-refractivity contribution is -0.124. The van der Waals surface area contributed by atoms with E-state index in [0.29, 0.717) is 15.6 Å². The van der Waals surface area contributed by atoms with Crippen molar-refractivity contribution >= 4 is 64.3 Å². The van der Waals surface area contributed by atoms with Crippen molar-refractivity contribution in [1.29, 1.82) is 0 Å². The molecule has 4 atom stereocenters. The summed E-state index contributed by atoms with van der Waals surface area (Å²) in [5, 5.41) is 7.22. The van der Waals surface area contributed by atoms with Crippen LogP contribution in [0.2, 0.25) is 15.1 Å². The molecule has 0 radical (unpaired) electrons. The van der Waals surface area contributed by atoms with Crippen LogP contribution >= 0.6 is 34.8 Å². The molecule has 2 amide bonds. The third-order valence-corrected chi connectivity index (χ3v) is 7.63. The Labute approximate surface area is 215 Å². The fourth-order valence-electron chi connectivity index (χ4n) is 5.35. The highest BCUT2D eigenvalue weighted by Gasteiger charge is 2.65. The molecule has 3 aliphatic heterocycles. The van der Waals surface area contributed by atoms with Gasteiger partial charge in [-0.2, -0.15) is 5.10 Å². The molecule has 3 aromatic carbocycles. The van der Waals surface area contributed by atoms with E-state index < -0.39 is 35.7 Å². The summed E-state index contributed by atoms with van der Waals surface area (Å²) >= 11 is 18.4. The van der Waals surface area contributed by atoms with Crippen molar-refractivity contribution in [2.24, 2.45) is 16.9 Å². The van der Waals surface area contributed by atoms with Gasteiger partial charge in [0.15, 0.2) is 5.78 Å². The molecular formula is C26H16Cl3N3O3. The molecule has 174 valence electrons. The second kappa shape index (κ2) is 8.19. The number of carbonyl (C=O) groups is 3. The van der Waals surface area contributed by atoms with Crippen LogP contribution in [0.15, 0.2) is 71.8 Å². The lowest BCUT2D eigenvalue weighted by Gasteiger charge is -2.33. The van der Waals surface area contributed by atoms with Crippen LogP contribution in [0.3, 0.4) is 0 Å². The van der Waals surface area contributed by atoms with Crippen molar-refractivity contribution < 1.29 is 14.4 Å². The summed E-state index contributed by atoms with van der Waals surface area (Å²) in [4.78, 5) is 42.6. The van der Waals surface area contributed by atoms with Gasteiger partial charge in [0.2, 0.25) is 11.8 Å². The van der Waals surface area contributed by atoms with Gasteiger partial charge in [-0.1, -0.05) is 59.1 Å². The summed E-state index contributed by atoms with van der Waals surface area (Å²) in [5.41, 5.74) is 2.32. The number of fused-ring (bicyclic) bond motifs is 5. The molecule has 0 saturated carbocycles. The standard InChI is InChI=1S/C26H16Cl3N3O3/c27-15-7-5-13(6-8-15)24(33)23-21-20(22-17-4-2-1-3-14(17)12-30-32(22)23)25(34)31(26(21)35)19-10-9-16(28)11-18(19)29/h1-12,20-23H/t20-,21+,22-,23-/m0/s1. The molecule has 0 spiro atoms. The van der Waals surface area contributed by atoms with Crippen molar-refractivity contribution in [2.75, 3.05) is 4.90 Å². The quantitative estimate of drug-likeness (QED) is 0.339. The predicted molar refractivity (Wildman–Crippen MR) is 134 cm³/mol. The van der Waals surface area contributed by atoms with Gasteiger partial charge in [0.1, 0.15) is 6.04 Å². The van der Waals surface area contributed by atoms with E-state index in [4.69, 9.17) is 34.8 Å². The van der Waals surface area contributed by atoms with E-state index in [1.54, 1.807) is 47.6 Å². The highest BCUT2D eigenvalue weighted by Crippen LogP contribution is 2.53. The van der Waals surface area contributed by atoms with Crippen LogP contribution in [0, 0.1) is 11.8 Å². The van der Waals surface area contributed by atoms with E-state index in [-0.39, 0.29) is 16.5 Å². The zero-order valence-electron chi connectivity index (χ0n) is 17.9. The van der Waals surface area contributed by atoms with Gasteiger partial charge in [0.05, 0.1) is 34.8 Å². The molecule has 3 heterocycles. The highest BCUT2D eigenvalue weighted by molar-refractivity contribution is 6.38. The Bertz CT molecular complexity index is 1440. The molecule has 3 aromatic rings. The van der Waals surface area contributed by atoms with E-state index in [1.165, 1.54) is 6.07 Å². The molecule has 0 aromatic heterocycles. The molecule has 0 unspecified atom stereocenters. The Morgan fingerprint density at radius 1 is 0.829 bits per heavy atom. The van der Waals surface area contributed by atoms with Gasteiger partial charge in [0.25, 0.3) is 0 Å². The third kappa shape index (κ3) is 3.32. The maximum atomic E-state index is 13.9. The normalized spacial score (nSPS) is 24.4. The van der Waals surface area contributed by atoms with Crippen LogP contribution < -0.4 is 4.90 Å². The zero-order valence-corrected chi connectivity index (χ0v) is 20.2. The number of benzene rings is 3. The molecular weight excluding hydrogens is 509 g/mol. The van der Waals surface area contributed by atoms with E-state index in [9.17, 15) is 14.4 Å². The summed E-state index contributed by atoms with van der Waals surface area (Å²) in [5.74, 6) is -2.96. The van der Waals surface area contributed by atoms with E-state index in [1.807, 2.05) is 24.3 Å². The molecule has 0 aliphatic carbocycles. The number of halogens is 3. The summed E-state index contributed by atoms with van der Waals surface area (Å²) in [6, 6.07) is 17.1. The maximum absolute atomic E-state index is 13.9. The van der Waals surface area contributed by atoms with Crippen LogP contribution in [0.5, 0.6) is 0 Å². The van der Waals surface area contributed by atoms with Crippen molar-refractivity contribution in [3.8, 4) is 0 Å². The lowest BCUT2D eigenvalue weighted by Crippen LogP contribution is -2.44. The van der Waals surface area contributed by atoms with Crippen molar-refractivity contribution in [3.05, 3.63) is 98.5 Å². The summed E-state index contributed by atoms with van der Waals surface area (Å²) in [6.07, 6.45) is 1.66. The first-order valence-corrected chi connectivity index (χ1v) is 12.0. The summed E-state index contributed by atoms with van der Waals surface area (Å²) < 4.78 is 0. The van der Waals surface area contributed by atoms with Gasteiger partial charge in [-0.25, -0.2) is 4.90 Å². The second-order valence-corrected chi connectivity index (χ2v) is 9.95. The van der Waals surface area contributed by atoms with Gasteiger partial charge in [0, 0.05) is 15.6 Å². The Hall–Kier alpha value is -3.19. The average molecular weight is 525 g/mol. The molecule has 2 fully saturated rings. The molecule has 2 saturated heterocycles. The van der Waals surface area contributed by atoms with E-state index in [2.05, 4.69) is 5.10 Å². The van der Waals surface area contributed by atoms with Gasteiger partial charge >= 0.3 is 0 Å². The number of amides is 2. The minimum Gasteiger partial charge on any atom is -0.292 e. The minimum atomic E-state index is -0.969. The van der Waals surface area contributed by atoms with E-state index in [0.717, 1.165) is 16.0 Å². The molecule has 35 heavy (non-hydrogen) atoms. The molecule has 6 rings (SSSR count). The molecule has 0 N–H and O–H groups in total. The van der Waals surface area contributed by atoms with Crippen molar-refractivity contribution in [1.82, 2.24) is 5.01 Å². The summed E-state index contributed by atoms with van der Waals surface area (Å²) in [7, 11) is 0. The van der Waals surface area contributed by atoms with Crippen molar-refractivity contribution in [2.45, 2.75) is 12.1 Å². The van der Waals surface area contributed by atoms with Crippen LogP contribution in [-0.4, -0.2) is 34.9 Å². The predicted octanol–water partition coefficient (Wildman–Crippen LogP) is 5.41. The number of Topliss-reactive ketones (excluding diaryl/α,β-unsaturated/α-hetero) is 1. The largest absolute Gasteiger partial charge is 0.292 e. The van der Waals surface area contributed by atoms with Gasteiger partial charge in [-0.15, -0.1) is 0 Å². The number of anilines is 1. The first-order valence-electron chi connectivity index (χ1n) is 10.9. The minimum absolute atomic E-state index is 0.179. The fourth-order valence-corrected chi connectivity index (χ4v) is 5.97. The molecule has 9 heteroatoms. The highest BCUT2D eigenvalue weighted by atomic mass is 35.5. The third-order valence-electron chi connectivity index (χ3n) is 6.84. The van der Waals surface area contributed by atoms with Crippen LogP contribution in [-0.2, 0) is 9.59 Å². The number of rotatable bonds is 3. The van der Waals surface area contributed by atoms with Crippen LogP contribution in [0.1, 0.15) is 27.5 Å². The molecule has 3 aliphatic rings. The number of hydrazone groups is 1. The number of imide groups is 1. The van der Waals surface area contributed by atoms with Crippen LogP contribution in [0.4, 0.5) is 5.69 Å². The Kier molecular flexibility index (Phi) is 5.22. The first-order chi connectivity index (χ1) is 16.9. The van der Waals surface area contributed by atoms with Crippen molar-refractivity contribution in [3.63, 3.8) is 0 Å². The Morgan fingerprint density at radius 2 is 1.51 bits per heavy atom. The smallest absolute Gasteiger partial charge is 0.240 e. The first kappa shape index (κ1) is 22.3. The Morgan fingerprint density at radius 3 is 2.26 bits per heavy atom. The number of hydrogen-bond donors (Lipinski definition) is 0. The number of hydrogen-bond acceptors (Lipinski definition) is 5. The molecule has 0 bridgehead atoms. The number of carbonyl (C=O) groups excluding carboxylic acids is 3. The van der Waals surface area contributed by atoms with Gasteiger partial charge < -0.3 is 0 Å². The SMILES string of the molecule is O=C(c1ccc(Cl)cc1)[C@@H]1[C@@H]2C(=O)N(c3ccc(Cl)cc3Cl)C(=O)[C@@H]2[C@@H]2c3ccccc3C=NN12. The maximum Gasteiger partial charge on any atom is 0.240 e. The van der Waals surface area contributed by atoms with E-state index >= 15 is 0 Å². The summed E-state index contributed by atoms with van der Waals surface area (Å²) in [6.45, 7) is 0. The zero-order chi connectivity index (χ0) is 24.4. The average Bonchev–Trinajstić information content (AvgIpc) is 3.32. The van der Waals surface area contributed by atoms with Crippen LogP contribution in [0.25, 0.3) is 0 Å². The lowest BCUT2D eigenvalue weighted by atomic mass is 9.83. The monoisotopic (exact) mass is 523 g/mol. The molecule has 6 nitrogen and oxygen atoms in total. The topological polar surface area (TPSA) is 70.0 Å². The second-order valence-electron chi connectivity index (χ2n) is 8.67. The number of nitrogens with zero attached hydrogens (tertiary/aromatic N) is 3. The fraction of sp³-hybridized carbons (Fsp3) is 0.154. The number of ketones is 1. The Balaban J connectivity index is 1.50. The van der Waals surface area contributed by atoms with Gasteiger partial charge in [-0.05, 0) is 53.6 Å².